The molecule has 2 rings (SSSR count). The first-order valence-corrected chi connectivity index (χ1v) is 6.04. The lowest BCUT2D eigenvalue weighted by molar-refractivity contribution is 0.615. The van der Waals surface area contributed by atoms with Crippen molar-refractivity contribution in [1.29, 1.82) is 0 Å². The summed E-state index contributed by atoms with van der Waals surface area (Å²) in [5, 5.41) is 8.50. The quantitative estimate of drug-likeness (QED) is 0.901. The third-order valence-electron chi connectivity index (χ3n) is 2.72. The Hall–Kier alpha value is -1.48. The highest BCUT2D eigenvalue weighted by atomic mass is 35.5. The van der Waals surface area contributed by atoms with E-state index in [-0.39, 0.29) is 0 Å². The van der Waals surface area contributed by atoms with Crippen molar-refractivity contribution in [3.05, 3.63) is 46.7 Å². The zero-order valence-electron chi connectivity index (χ0n) is 10.1. The predicted octanol–water partition coefficient (Wildman–Crippen LogP) is 3.27. The van der Waals surface area contributed by atoms with Crippen LogP contribution in [0.3, 0.4) is 0 Å². The molecule has 0 saturated heterocycles. The maximum atomic E-state index is 6.09. The first-order chi connectivity index (χ1) is 8.18. The van der Waals surface area contributed by atoms with Gasteiger partial charge in [-0.1, -0.05) is 29.8 Å². The molecule has 2 aromatic rings. The Morgan fingerprint density at radius 2 is 1.94 bits per heavy atom. The van der Waals surface area contributed by atoms with Gasteiger partial charge >= 0.3 is 0 Å². The Balaban J connectivity index is 1.92. The fourth-order valence-corrected chi connectivity index (χ4v) is 1.89. The fourth-order valence-electron chi connectivity index (χ4n) is 1.75. The Kier molecular flexibility index (Phi) is 3.69. The number of hydrogen-bond acceptors (Lipinski definition) is 2. The lowest BCUT2D eigenvalue weighted by atomic mass is 10.3. The number of aryl methyl sites for hydroxylation is 1. The van der Waals surface area contributed by atoms with Crippen LogP contribution in [0.2, 0.25) is 5.02 Å². The van der Waals surface area contributed by atoms with E-state index in [0.29, 0.717) is 0 Å². The fraction of sp³-hybridized carbons (Fsp3) is 0.308. The minimum atomic E-state index is 0.768. The number of benzene rings is 1. The molecule has 0 fully saturated rings. The summed E-state index contributed by atoms with van der Waals surface area (Å²) in [5.41, 5.74) is 3.04. The molecule has 0 radical (unpaired) electrons. The molecule has 0 aliphatic heterocycles. The standard InChI is InChI=1S/C13H16ClN3/c1-10-13(14)11(2)17(16-10)9-8-15-12-6-4-3-5-7-12/h3-7,15H,8-9H2,1-2H3. The molecule has 0 saturated carbocycles. The largest absolute Gasteiger partial charge is 0.383 e. The van der Waals surface area contributed by atoms with Crippen LogP contribution in [0.4, 0.5) is 5.69 Å². The Morgan fingerprint density at radius 3 is 2.53 bits per heavy atom. The number of hydrogen-bond donors (Lipinski definition) is 1. The zero-order chi connectivity index (χ0) is 12.3. The first-order valence-electron chi connectivity index (χ1n) is 5.67. The number of aromatic nitrogens is 2. The van der Waals surface area contributed by atoms with Crippen molar-refractivity contribution in [3.63, 3.8) is 0 Å². The average Bonchev–Trinajstić information content (AvgIpc) is 2.59. The van der Waals surface area contributed by atoms with Crippen molar-refractivity contribution in [3.8, 4) is 0 Å². The molecular formula is C13H16ClN3. The van der Waals surface area contributed by atoms with Crippen molar-refractivity contribution in [2.75, 3.05) is 11.9 Å². The van der Waals surface area contributed by atoms with Crippen LogP contribution >= 0.6 is 11.6 Å². The number of anilines is 1. The maximum absolute atomic E-state index is 6.09. The van der Waals surface area contributed by atoms with E-state index in [2.05, 4.69) is 10.4 Å². The molecule has 17 heavy (non-hydrogen) atoms. The van der Waals surface area contributed by atoms with E-state index in [9.17, 15) is 0 Å². The summed E-state index contributed by atoms with van der Waals surface area (Å²) >= 11 is 6.09. The average molecular weight is 250 g/mol. The summed E-state index contributed by atoms with van der Waals surface area (Å²) in [7, 11) is 0. The number of nitrogens with one attached hydrogen (secondary N) is 1. The zero-order valence-corrected chi connectivity index (χ0v) is 10.8. The summed E-state index contributed by atoms with van der Waals surface area (Å²) in [6.45, 7) is 5.57. The van der Waals surface area contributed by atoms with Gasteiger partial charge in [0.05, 0.1) is 23.0 Å². The van der Waals surface area contributed by atoms with Crippen LogP contribution in [0.5, 0.6) is 0 Å². The van der Waals surface area contributed by atoms with Crippen LogP contribution in [0.1, 0.15) is 11.4 Å². The molecule has 0 amide bonds. The molecule has 0 aliphatic carbocycles. The van der Waals surface area contributed by atoms with Gasteiger partial charge in [-0.15, -0.1) is 0 Å². The van der Waals surface area contributed by atoms with Crippen LogP contribution in [-0.2, 0) is 6.54 Å². The van der Waals surface area contributed by atoms with Gasteiger partial charge < -0.3 is 5.32 Å². The van der Waals surface area contributed by atoms with E-state index in [1.54, 1.807) is 0 Å². The van der Waals surface area contributed by atoms with Crippen molar-refractivity contribution in [2.24, 2.45) is 0 Å². The second kappa shape index (κ2) is 5.23. The third kappa shape index (κ3) is 2.80. The molecule has 1 aromatic carbocycles. The van der Waals surface area contributed by atoms with Crippen LogP contribution in [0.25, 0.3) is 0 Å². The topological polar surface area (TPSA) is 29.9 Å². The Bertz CT molecular complexity index is 491. The molecule has 90 valence electrons. The number of halogens is 1. The molecule has 3 nitrogen and oxygen atoms in total. The second-order valence-electron chi connectivity index (χ2n) is 4.00. The van der Waals surface area contributed by atoms with E-state index in [4.69, 9.17) is 11.6 Å². The van der Waals surface area contributed by atoms with Crippen molar-refractivity contribution < 1.29 is 0 Å². The highest BCUT2D eigenvalue weighted by Crippen LogP contribution is 2.18. The minimum absolute atomic E-state index is 0.768. The van der Waals surface area contributed by atoms with Gasteiger partial charge in [0, 0.05) is 12.2 Å². The molecule has 1 aromatic heterocycles. The van der Waals surface area contributed by atoms with Gasteiger partial charge in [-0.2, -0.15) is 5.10 Å². The van der Waals surface area contributed by atoms with Crippen LogP contribution in [0.15, 0.2) is 30.3 Å². The Labute approximate surface area is 106 Å². The monoisotopic (exact) mass is 249 g/mol. The van der Waals surface area contributed by atoms with Gasteiger partial charge in [0.2, 0.25) is 0 Å². The van der Waals surface area contributed by atoms with Gasteiger partial charge in [0.1, 0.15) is 0 Å². The second-order valence-corrected chi connectivity index (χ2v) is 4.38. The van der Waals surface area contributed by atoms with Gasteiger partial charge in [-0.05, 0) is 26.0 Å². The molecule has 1 N–H and O–H groups in total. The van der Waals surface area contributed by atoms with Gasteiger partial charge in [-0.3, -0.25) is 4.68 Å². The lowest BCUT2D eigenvalue weighted by Crippen LogP contribution is -2.12. The molecule has 0 aliphatic rings. The maximum Gasteiger partial charge on any atom is 0.0844 e. The van der Waals surface area contributed by atoms with Crippen LogP contribution < -0.4 is 5.32 Å². The van der Waals surface area contributed by atoms with E-state index < -0.39 is 0 Å². The molecule has 0 bridgehead atoms. The molecule has 0 spiro atoms. The van der Waals surface area contributed by atoms with Gasteiger partial charge in [0.15, 0.2) is 0 Å². The van der Waals surface area contributed by atoms with Crippen LogP contribution in [-0.4, -0.2) is 16.3 Å². The number of rotatable bonds is 4. The van der Waals surface area contributed by atoms with Crippen molar-refractivity contribution >= 4 is 17.3 Å². The third-order valence-corrected chi connectivity index (χ3v) is 3.27. The molecule has 0 atom stereocenters. The highest BCUT2D eigenvalue weighted by Gasteiger charge is 2.07. The molecular weight excluding hydrogens is 234 g/mol. The van der Waals surface area contributed by atoms with E-state index in [1.807, 2.05) is 48.9 Å². The molecule has 1 heterocycles. The number of para-hydroxylation sites is 1. The normalized spacial score (nSPS) is 10.5. The van der Waals surface area contributed by atoms with E-state index >= 15 is 0 Å². The summed E-state index contributed by atoms with van der Waals surface area (Å²) in [5.74, 6) is 0. The van der Waals surface area contributed by atoms with Crippen LogP contribution in [0, 0.1) is 13.8 Å². The molecule has 0 unspecified atom stereocenters. The van der Waals surface area contributed by atoms with E-state index in [1.165, 1.54) is 0 Å². The lowest BCUT2D eigenvalue weighted by Gasteiger charge is -2.07. The highest BCUT2D eigenvalue weighted by molar-refractivity contribution is 6.31. The smallest absolute Gasteiger partial charge is 0.0844 e. The van der Waals surface area contributed by atoms with E-state index in [0.717, 1.165) is 35.2 Å². The SMILES string of the molecule is Cc1nn(CCNc2ccccc2)c(C)c1Cl. The number of nitrogens with zero attached hydrogens (tertiary/aromatic N) is 2. The summed E-state index contributed by atoms with van der Waals surface area (Å²) in [6.07, 6.45) is 0. The van der Waals surface area contributed by atoms with Gasteiger partial charge in [0.25, 0.3) is 0 Å². The summed E-state index contributed by atoms with van der Waals surface area (Å²) in [4.78, 5) is 0. The summed E-state index contributed by atoms with van der Waals surface area (Å²) < 4.78 is 1.94. The summed E-state index contributed by atoms with van der Waals surface area (Å²) in [6, 6.07) is 10.1. The van der Waals surface area contributed by atoms with Crippen molar-refractivity contribution in [1.82, 2.24) is 9.78 Å². The Morgan fingerprint density at radius 1 is 1.24 bits per heavy atom. The minimum Gasteiger partial charge on any atom is -0.383 e. The van der Waals surface area contributed by atoms with Gasteiger partial charge in [-0.25, -0.2) is 0 Å². The predicted molar refractivity (Wildman–Crippen MR) is 71.6 cm³/mol. The van der Waals surface area contributed by atoms with Crippen molar-refractivity contribution in [2.45, 2.75) is 20.4 Å². The first kappa shape index (κ1) is 12.0. The molecule has 4 heteroatoms.